The zero-order chi connectivity index (χ0) is 12.3. The Balaban J connectivity index is 1.96. The smallest absolute Gasteiger partial charge is 0.407 e. The van der Waals surface area contributed by atoms with Crippen LogP contribution in [0.1, 0.15) is 10.4 Å². The minimum absolute atomic E-state index is 0.112. The first-order chi connectivity index (χ1) is 8.17. The Morgan fingerprint density at radius 1 is 1.53 bits per heavy atom. The molecule has 0 saturated carbocycles. The van der Waals surface area contributed by atoms with Crippen LogP contribution in [-0.2, 0) is 4.74 Å². The lowest BCUT2D eigenvalue weighted by Crippen LogP contribution is -2.22. The monoisotopic (exact) mass is 239 g/mol. The lowest BCUT2D eigenvalue weighted by Gasteiger charge is -2.10. The Labute approximate surface area is 96.5 Å². The number of alkyl carbamates (subject to hydrolysis) is 1. The molecular weight excluding hydrogens is 229 g/mol. The van der Waals surface area contributed by atoms with Crippen molar-refractivity contribution in [1.82, 2.24) is 5.32 Å². The molecule has 2 rings (SSSR count). The third kappa shape index (κ3) is 2.93. The summed E-state index contributed by atoms with van der Waals surface area (Å²) in [5, 5.41) is 2.47. The number of carbonyl (C=O) groups is 2. The van der Waals surface area contributed by atoms with E-state index in [9.17, 15) is 14.0 Å². The number of amides is 1. The Bertz CT molecular complexity index is 449. The lowest BCUT2D eigenvalue weighted by molar-refractivity contribution is 0.104. The van der Waals surface area contributed by atoms with Gasteiger partial charge < -0.3 is 14.8 Å². The van der Waals surface area contributed by atoms with Crippen molar-refractivity contribution in [3.8, 4) is 5.75 Å². The summed E-state index contributed by atoms with van der Waals surface area (Å²) in [6.45, 7) is 0.467. The van der Waals surface area contributed by atoms with E-state index in [2.05, 4.69) is 5.32 Å². The zero-order valence-electron chi connectivity index (χ0n) is 8.81. The molecule has 0 radical (unpaired) electrons. The van der Waals surface area contributed by atoms with Gasteiger partial charge in [0.25, 0.3) is 0 Å². The zero-order valence-corrected chi connectivity index (χ0v) is 8.81. The summed E-state index contributed by atoms with van der Waals surface area (Å²) in [6.07, 6.45) is -0.357. The van der Waals surface area contributed by atoms with Crippen molar-refractivity contribution in [3.05, 3.63) is 29.6 Å². The van der Waals surface area contributed by atoms with Crippen LogP contribution in [0.4, 0.5) is 9.18 Å². The molecule has 17 heavy (non-hydrogen) atoms. The van der Waals surface area contributed by atoms with Gasteiger partial charge in [0.15, 0.2) is 6.10 Å². The van der Waals surface area contributed by atoms with Gasteiger partial charge in [-0.25, -0.2) is 9.18 Å². The maximum Gasteiger partial charge on any atom is 0.407 e. The third-order valence-corrected chi connectivity index (χ3v) is 2.21. The molecule has 1 amide bonds. The molecule has 1 atom stereocenters. The summed E-state index contributed by atoms with van der Waals surface area (Å²) in [7, 11) is 0. The van der Waals surface area contributed by atoms with E-state index in [-0.39, 0.29) is 17.9 Å². The van der Waals surface area contributed by atoms with Crippen molar-refractivity contribution in [2.24, 2.45) is 0 Å². The number of hydrogen-bond acceptors (Lipinski definition) is 4. The number of benzene rings is 1. The van der Waals surface area contributed by atoms with Crippen LogP contribution in [0.5, 0.6) is 5.75 Å². The van der Waals surface area contributed by atoms with Crippen LogP contribution >= 0.6 is 0 Å². The molecule has 1 fully saturated rings. The molecule has 0 aliphatic carbocycles. The van der Waals surface area contributed by atoms with E-state index in [1.54, 1.807) is 0 Å². The van der Waals surface area contributed by atoms with E-state index >= 15 is 0 Å². The van der Waals surface area contributed by atoms with Crippen molar-refractivity contribution < 1.29 is 23.5 Å². The Morgan fingerprint density at radius 3 is 3.00 bits per heavy atom. The van der Waals surface area contributed by atoms with Gasteiger partial charge in [-0.1, -0.05) is 0 Å². The van der Waals surface area contributed by atoms with E-state index in [1.165, 1.54) is 6.07 Å². The first kappa shape index (κ1) is 11.4. The van der Waals surface area contributed by atoms with Crippen LogP contribution in [0.15, 0.2) is 18.2 Å². The third-order valence-electron chi connectivity index (χ3n) is 2.21. The van der Waals surface area contributed by atoms with Gasteiger partial charge in [0.1, 0.15) is 24.5 Å². The summed E-state index contributed by atoms with van der Waals surface area (Å²) in [5.74, 6) is -0.318. The first-order valence-corrected chi connectivity index (χ1v) is 5.00. The highest BCUT2D eigenvalue weighted by Gasteiger charge is 2.22. The van der Waals surface area contributed by atoms with E-state index in [1.807, 2.05) is 0 Å². The molecule has 0 spiro atoms. The average Bonchev–Trinajstić information content (AvgIpc) is 2.72. The fraction of sp³-hybridized carbons (Fsp3) is 0.273. The average molecular weight is 239 g/mol. The molecule has 1 aromatic rings. The molecule has 1 heterocycles. The van der Waals surface area contributed by atoms with E-state index < -0.39 is 18.0 Å². The summed E-state index contributed by atoms with van der Waals surface area (Å²) >= 11 is 0. The van der Waals surface area contributed by atoms with E-state index in [0.29, 0.717) is 12.8 Å². The predicted octanol–water partition coefficient (Wildman–Crippen LogP) is 1.13. The van der Waals surface area contributed by atoms with Gasteiger partial charge in [0.2, 0.25) is 0 Å². The molecule has 0 bridgehead atoms. The molecule has 1 saturated heterocycles. The van der Waals surface area contributed by atoms with Crippen LogP contribution in [0, 0.1) is 5.82 Å². The standard InChI is InChI=1S/C11H10FNO4/c12-8-1-7(5-14)2-9(3-8)16-6-10-4-13-11(15)17-10/h1-3,5,10H,4,6H2,(H,13,15). The van der Waals surface area contributed by atoms with Crippen molar-refractivity contribution in [2.75, 3.05) is 13.2 Å². The van der Waals surface area contributed by atoms with E-state index in [0.717, 1.165) is 12.1 Å². The number of carbonyl (C=O) groups excluding carboxylic acids is 2. The fourth-order valence-corrected chi connectivity index (χ4v) is 1.45. The Hall–Kier alpha value is -2.11. The van der Waals surface area contributed by atoms with Crippen LogP contribution in [0.3, 0.4) is 0 Å². The van der Waals surface area contributed by atoms with Gasteiger partial charge in [-0.05, 0) is 12.1 Å². The number of hydrogen-bond donors (Lipinski definition) is 1. The van der Waals surface area contributed by atoms with Crippen molar-refractivity contribution in [1.29, 1.82) is 0 Å². The number of aldehydes is 1. The molecule has 1 unspecified atom stereocenters. The second kappa shape index (κ2) is 4.82. The van der Waals surface area contributed by atoms with Crippen LogP contribution in [-0.4, -0.2) is 31.6 Å². The van der Waals surface area contributed by atoms with Gasteiger partial charge >= 0.3 is 6.09 Å². The molecule has 90 valence electrons. The quantitative estimate of drug-likeness (QED) is 0.800. The highest BCUT2D eigenvalue weighted by molar-refractivity contribution is 5.75. The maximum atomic E-state index is 13.0. The SMILES string of the molecule is O=Cc1cc(F)cc(OCC2CNC(=O)O2)c1. The molecule has 1 aliphatic rings. The Kier molecular flexibility index (Phi) is 3.22. The van der Waals surface area contributed by atoms with Gasteiger partial charge in [0, 0.05) is 11.6 Å². The predicted molar refractivity (Wildman–Crippen MR) is 55.6 cm³/mol. The van der Waals surface area contributed by atoms with Crippen molar-refractivity contribution in [2.45, 2.75) is 6.10 Å². The summed E-state index contributed by atoms with van der Waals surface area (Å²) < 4.78 is 23.1. The van der Waals surface area contributed by atoms with Gasteiger partial charge in [-0.2, -0.15) is 0 Å². The van der Waals surface area contributed by atoms with Gasteiger partial charge in [-0.3, -0.25) is 4.79 Å². The van der Waals surface area contributed by atoms with Crippen molar-refractivity contribution in [3.63, 3.8) is 0 Å². The number of nitrogens with one attached hydrogen (secondary N) is 1. The Morgan fingerprint density at radius 2 is 2.35 bits per heavy atom. The van der Waals surface area contributed by atoms with Crippen LogP contribution in [0.2, 0.25) is 0 Å². The number of cyclic esters (lactones) is 1. The van der Waals surface area contributed by atoms with Gasteiger partial charge in [0.05, 0.1) is 6.54 Å². The highest BCUT2D eigenvalue weighted by Crippen LogP contribution is 2.16. The molecular formula is C11H10FNO4. The fourth-order valence-electron chi connectivity index (χ4n) is 1.45. The molecule has 1 aliphatic heterocycles. The minimum Gasteiger partial charge on any atom is -0.490 e. The summed E-state index contributed by atoms with van der Waals surface area (Å²) in [4.78, 5) is 21.2. The highest BCUT2D eigenvalue weighted by atomic mass is 19.1. The molecule has 0 aromatic heterocycles. The molecule has 6 heteroatoms. The second-order valence-electron chi connectivity index (χ2n) is 3.56. The number of ether oxygens (including phenoxy) is 2. The normalized spacial score (nSPS) is 18.4. The topological polar surface area (TPSA) is 64.6 Å². The lowest BCUT2D eigenvalue weighted by atomic mass is 10.2. The maximum absolute atomic E-state index is 13.0. The number of halogens is 1. The minimum atomic E-state index is -0.550. The summed E-state index contributed by atoms with van der Waals surface area (Å²) in [6, 6.07) is 3.69. The van der Waals surface area contributed by atoms with Crippen molar-refractivity contribution >= 4 is 12.4 Å². The first-order valence-electron chi connectivity index (χ1n) is 5.00. The second-order valence-corrected chi connectivity index (χ2v) is 3.56. The largest absolute Gasteiger partial charge is 0.490 e. The van der Waals surface area contributed by atoms with Crippen LogP contribution in [0.25, 0.3) is 0 Å². The summed E-state index contributed by atoms with van der Waals surface area (Å²) in [5.41, 5.74) is 0.196. The van der Waals surface area contributed by atoms with Crippen LogP contribution < -0.4 is 10.1 Å². The van der Waals surface area contributed by atoms with E-state index in [4.69, 9.17) is 9.47 Å². The molecule has 1 N–H and O–H groups in total. The number of rotatable bonds is 4. The van der Waals surface area contributed by atoms with Gasteiger partial charge in [-0.15, -0.1) is 0 Å². The molecule has 1 aromatic carbocycles. The molecule has 5 nitrogen and oxygen atoms in total.